The molecule has 1 N–H and O–H groups in total. The normalized spacial score (nSPS) is 15.9. The van der Waals surface area contributed by atoms with E-state index in [-0.39, 0.29) is 11.8 Å². The molecule has 7 nitrogen and oxygen atoms in total. The average molecular weight is 356 g/mol. The van der Waals surface area contributed by atoms with Crippen LogP contribution in [-0.4, -0.2) is 45.7 Å². The van der Waals surface area contributed by atoms with E-state index in [1.807, 2.05) is 6.07 Å². The highest BCUT2D eigenvalue weighted by atomic mass is 16.5. The number of carbonyl (C=O) groups excluding carboxylic acids is 2. The maximum Gasteiger partial charge on any atom is 0.251 e. The number of hydrogen-bond donors (Lipinski definition) is 1. The molecule has 26 heavy (non-hydrogen) atoms. The standard InChI is InChI=1S/C19H20N2O5/c1-24-15-9-13(10-16(25-2)17(15)26-3)21-11-14(19(21)23)20-18(22)12-7-5-4-6-8-12/h4-10,14H,11H2,1-3H3,(H,20,22). The number of nitrogens with one attached hydrogen (secondary N) is 1. The summed E-state index contributed by atoms with van der Waals surface area (Å²) in [5, 5.41) is 2.74. The minimum Gasteiger partial charge on any atom is -0.493 e. The lowest BCUT2D eigenvalue weighted by Crippen LogP contribution is -2.64. The number of anilines is 1. The Bertz CT molecular complexity index is 797. The van der Waals surface area contributed by atoms with Gasteiger partial charge in [0.1, 0.15) is 6.04 Å². The highest BCUT2D eigenvalue weighted by molar-refractivity contribution is 6.07. The van der Waals surface area contributed by atoms with E-state index in [1.54, 1.807) is 41.3 Å². The van der Waals surface area contributed by atoms with Gasteiger partial charge in [-0.05, 0) is 12.1 Å². The fourth-order valence-corrected chi connectivity index (χ4v) is 2.82. The average Bonchev–Trinajstić information content (AvgIpc) is 2.69. The number of hydrogen-bond acceptors (Lipinski definition) is 5. The second kappa shape index (κ2) is 7.35. The molecule has 2 aromatic rings. The van der Waals surface area contributed by atoms with E-state index in [0.29, 0.717) is 35.0 Å². The lowest BCUT2D eigenvalue weighted by atomic mass is 10.0. The van der Waals surface area contributed by atoms with E-state index in [2.05, 4.69) is 5.32 Å². The highest BCUT2D eigenvalue weighted by Gasteiger charge is 2.39. The maximum atomic E-state index is 12.5. The summed E-state index contributed by atoms with van der Waals surface area (Å²) in [6.45, 7) is 0.371. The van der Waals surface area contributed by atoms with Crippen LogP contribution in [-0.2, 0) is 4.79 Å². The molecule has 0 bridgehead atoms. The van der Waals surface area contributed by atoms with Crippen molar-refractivity contribution in [2.45, 2.75) is 6.04 Å². The minimum absolute atomic E-state index is 0.191. The van der Waals surface area contributed by atoms with Crippen molar-refractivity contribution in [3.63, 3.8) is 0 Å². The van der Waals surface area contributed by atoms with Crippen LogP contribution < -0.4 is 24.4 Å². The van der Waals surface area contributed by atoms with Gasteiger partial charge in [0.2, 0.25) is 5.75 Å². The van der Waals surface area contributed by atoms with Gasteiger partial charge < -0.3 is 24.4 Å². The van der Waals surface area contributed by atoms with Crippen molar-refractivity contribution in [1.82, 2.24) is 5.32 Å². The van der Waals surface area contributed by atoms with E-state index in [9.17, 15) is 9.59 Å². The Morgan fingerprint density at radius 1 is 1.04 bits per heavy atom. The number of methoxy groups -OCH3 is 3. The molecule has 1 aliphatic heterocycles. The fourth-order valence-electron chi connectivity index (χ4n) is 2.82. The van der Waals surface area contributed by atoms with Crippen LogP contribution in [0.5, 0.6) is 17.2 Å². The van der Waals surface area contributed by atoms with Gasteiger partial charge in [0, 0.05) is 17.7 Å². The molecular formula is C19H20N2O5. The summed E-state index contributed by atoms with van der Waals surface area (Å²) in [6, 6.07) is 11.6. The lowest BCUT2D eigenvalue weighted by Gasteiger charge is -2.39. The molecule has 1 atom stereocenters. The third-order valence-electron chi connectivity index (χ3n) is 4.23. The molecule has 1 unspecified atom stereocenters. The summed E-state index contributed by atoms with van der Waals surface area (Å²) in [5.41, 5.74) is 1.14. The zero-order valence-corrected chi connectivity index (χ0v) is 14.8. The fraction of sp³-hybridized carbons (Fsp3) is 0.263. The van der Waals surface area contributed by atoms with Gasteiger partial charge in [-0.2, -0.15) is 0 Å². The Morgan fingerprint density at radius 2 is 1.65 bits per heavy atom. The third kappa shape index (κ3) is 3.15. The van der Waals surface area contributed by atoms with Gasteiger partial charge in [-0.3, -0.25) is 9.59 Å². The third-order valence-corrected chi connectivity index (χ3v) is 4.23. The topological polar surface area (TPSA) is 77.1 Å². The molecule has 1 saturated heterocycles. The van der Waals surface area contributed by atoms with Crippen LogP contribution in [0.25, 0.3) is 0 Å². The zero-order chi connectivity index (χ0) is 18.7. The quantitative estimate of drug-likeness (QED) is 0.800. The maximum absolute atomic E-state index is 12.5. The molecule has 0 radical (unpaired) electrons. The van der Waals surface area contributed by atoms with Gasteiger partial charge in [0.05, 0.1) is 33.6 Å². The summed E-state index contributed by atoms with van der Waals surface area (Å²) in [4.78, 5) is 26.2. The molecule has 1 heterocycles. The van der Waals surface area contributed by atoms with Gasteiger partial charge in [-0.25, -0.2) is 0 Å². The molecule has 0 saturated carbocycles. The number of carbonyl (C=O) groups is 2. The molecule has 2 aromatic carbocycles. The smallest absolute Gasteiger partial charge is 0.251 e. The number of nitrogens with zero attached hydrogens (tertiary/aromatic N) is 1. The summed E-state index contributed by atoms with van der Waals surface area (Å²) in [6.07, 6.45) is 0. The van der Waals surface area contributed by atoms with Crippen LogP contribution in [0.1, 0.15) is 10.4 Å². The molecule has 1 fully saturated rings. The van der Waals surface area contributed by atoms with Crippen molar-refractivity contribution in [2.24, 2.45) is 0 Å². The number of benzene rings is 2. The highest BCUT2D eigenvalue weighted by Crippen LogP contribution is 2.42. The summed E-state index contributed by atoms with van der Waals surface area (Å²) < 4.78 is 15.9. The molecule has 7 heteroatoms. The number of amides is 2. The lowest BCUT2D eigenvalue weighted by molar-refractivity contribution is -0.124. The Kier molecular flexibility index (Phi) is 4.97. The first-order valence-corrected chi connectivity index (χ1v) is 8.06. The number of rotatable bonds is 6. The Hall–Kier alpha value is -3.22. The molecule has 0 spiro atoms. The first kappa shape index (κ1) is 17.6. The summed E-state index contributed by atoms with van der Waals surface area (Å²) >= 11 is 0. The Morgan fingerprint density at radius 3 is 2.15 bits per heavy atom. The Labute approximate surface area is 151 Å². The van der Waals surface area contributed by atoms with Crippen molar-refractivity contribution in [1.29, 1.82) is 0 Å². The van der Waals surface area contributed by atoms with Crippen LogP contribution in [0.15, 0.2) is 42.5 Å². The van der Waals surface area contributed by atoms with Crippen molar-refractivity contribution in [3.8, 4) is 17.2 Å². The molecule has 3 rings (SSSR count). The van der Waals surface area contributed by atoms with Gasteiger partial charge >= 0.3 is 0 Å². The summed E-state index contributed by atoms with van der Waals surface area (Å²) in [7, 11) is 4.55. The molecule has 1 aliphatic rings. The molecule has 2 amide bonds. The van der Waals surface area contributed by atoms with Gasteiger partial charge in [0.25, 0.3) is 11.8 Å². The van der Waals surface area contributed by atoms with Crippen LogP contribution in [0.3, 0.4) is 0 Å². The largest absolute Gasteiger partial charge is 0.493 e. The predicted octanol–water partition coefficient (Wildman–Crippen LogP) is 1.86. The van der Waals surface area contributed by atoms with Crippen LogP contribution in [0.4, 0.5) is 5.69 Å². The number of β-lactam (4-membered cyclic amide) rings is 1. The predicted molar refractivity (Wildman–Crippen MR) is 96.1 cm³/mol. The van der Waals surface area contributed by atoms with Gasteiger partial charge in [0.15, 0.2) is 11.5 Å². The first-order chi connectivity index (χ1) is 12.6. The van der Waals surface area contributed by atoms with Crippen molar-refractivity contribution >= 4 is 17.5 Å². The molecular weight excluding hydrogens is 336 g/mol. The molecule has 0 aliphatic carbocycles. The van der Waals surface area contributed by atoms with E-state index < -0.39 is 6.04 Å². The van der Waals surface area contributed by atoms with Crippen molar-refractivity contribution < 1.29 is 23.8 Å². The molecule has 136 valence electrons. The van der Waals surface area contributed by atoms with Crippen molar-refractivity contribution in [3.05, 3.63) is 48.0 Å². The van der Waals surface area contributed by atoms with Crippen LogP contribution >= 0.6 is 0 Å². The second-order valence-electron chi connectivity index (χ2n) is 5.72. The first-order valence-electron chi connectivity index (χ1n) is 8.06. The number of ether oxygens (including phenoxy) is 3. The van der Waals surface area contributed by atoms with E-state index in [0.717, 1.165) is 0 Å². The minimum atomic E-state index is -0.554. The SMILES string of the molecule is COc1cc(N2CC(NC(=O)c3ccccc3)C2=O)cc(OC)c1OC. The summed E-state index contributed by atoms with van der Waals surface area (Å²) in [5.74, 6) is 0.926. The van der Waals surface area contributed by atoms with E-state index in [4.69, 9.17) is 14.2 Å². The molecule has 0 aromatic heterocycles. The monoisotopic (exact) mass is 356 g/mol. The second-order valence-corrected chi connectivity index (χ2v) is 5.72. The van der Waals surface area contributed by atoms with Gasteiger partial charge in [-0.1, -0.05) is 18.2 Å². The van der Waals surface area contributed by atoms with E-state index >= 15 is 0 Å². The van der Waals surface area contributed by atoms with Crippen molar-refractivity contribution in [2.75, 3.05) is 32.8 Å². The van der Waals surface area contributed by atoms with Gasteiger partial charge in [-0.15, -0.1) is 0 Å². The van der Waals surface area contributed by atoms with Crippen LogP contribution in [0.2, 0.25) is 0 Å². The van der Waals surface area contributed by atoms with Crippen LogP contribution in [0, 0.1) is 0 Å². The van der Waals surface area contributed by atoms with E-state index in [1.165, 1.54) is 21.3 Å². The zero-order valence-electron chi connectivity index (χ0n) is 14.8. The Balaban J connectivity index is 1.73.